The van der Waals surface area contributed by atoms with Gasteiger partial charge in [-0.05, 0) is 30.7 Å². The lowest BCUT2D eigenvalue weighted by molar-refractivity contribution is 0.122. The zero-order valence-electron chi connectivity index (χ0n) is 13.8. The van der Waals surface area contributed by atoms with Gasteiger partial charge in [0.25, 0.3) is 0 Å². The summed E-state index contributed by atoms with van der Waals surface area (Å²) in [6, 6.07) is 6.44. The van der Waals surface area contributed by atoms with Crippen molar-refractivity contribution in [2.75, 3.05) is 31.2 Å². The minimum absolute atomic E-state index is 0.00596. The Morgan fingerprint density at radius 1 is 1.28 bits per heavy atom. The topological polar surface area (TPSA) is 84.4 Å². The first-order chi connectivity index (χ1) is 12.0. The molecule has 1 aromatic carbocycles. The van der Waals surface area contributed by atoms with Crippen LogP contribution in [0.15, 0.2) is 35.4 Å². The van der Waals surface area contributed by atoms with E-state index in [9.17, 15) is 8.42 Å². The lowest BCUT2D eigenvalue weighted by Gasteiger charge is -2.27. The van der Waals surface area contributed by atoms with E-state index in [2.05, 4.69) is 19.6 Å². The third kappa shape index (κ3) is 4.46. The number of sulfonamides is 1. The van der Waals surface area contributed by atoms with E-state index in [-0.39, 0.29) is 11.4 Å². The molecule has 1 aliphatic heterocycles. The Bertz CT molecular complexity index is 854. The Labute approximate surface area is 152 Å². The Kier molecular flexibility index (Phi) is 5.53. The highest BCUT2D eigenvalue weighted by Gasteiger charge is 2.17. The van der Waals surface area contributed by atoms with Crippen molar-refractivity contribution < 1.29 is 13.2 Å². The maximum Gasteiger partial charge on any atom is 0.241 e. The molecular weight excluding hydrogens is 364 g/mol. The molecule has 2 heterocycles. The predicted molar refractivity (Wildman–Crippen MR) is 95.3 cm³/mol. The van der Waals surface area contributed by atoms with Gasteiger partial charge in [-0.15, -0.1) is 0 Å². The quantitative estimate of drug-likeness (QED) is 0.848. The van der Waals surface area contributed by atoms with Gasteiger partial charge < -0.3 is 9.64 Å². The molecular formula is C16H19ClN4O3S. The molecule has 3 rings (SSSR count). The lowest BCUT2D eigenvalue weighted by Crippen LogP contribution is -2.37. The van der Waals surface area contributed by atoms with Crippen molar-refractivity contribution in [3.8, 4) is 0 Å². The fourth-order valence-corrected chi connectivity index (χ4v) is 3.68. The molecule has 0 spiro atoms. The Balaban J connectivity index is 1.71. The molecule has 2 aromatic rings. The zero-order chi connectivity index (χ0) is 17.9. The van der Waals surface area contributed by atoms with Gasteiger partial charge >= 0.3 is 0 Å². The molecule has 1 aromatic heterocycles. The van der Waals surface area contributed by atoms with E-state index in [0.717, 1.165) is 24.5 Å². The molecule has 0 aliphatic carbocycles. The fourth-order valence-electron chi connectivity index (χ4n) is 2.43. The van der Waals surface area contributed by atoms with E-state index in [1.54, 1.807) is 12.3 Å². The summed E-state index contributed by atoms with van der Waals surface area (Å²) in [5.74, 6) is 1.18. The van der Waals surface area contributed by atoms with E-state index < -0.39 is 10.0 Å². The van der Waals surface area contributed by atoms with Gasteiger partial charge in [-0.25, -0.2) is 23.1 Å². The normalized spacial score (nSPS) is 15.4. The summed E-state index contributed by atoms with van der Waals surface area (Å²) in [5, 5.41) is 0.411. The molecule has 0 amide bonds. The molecule has 25 heavy (non-hydrogen) atoms. The summed E-state index contributed by atoms with van der Waals surface area (Å²) < 4.78 is 32.6. The Morgan fingerprint density at radius 2 is 2.04 bits per heavy atom. The van der Waals surface area contributed by atoms with Gasteiger partial charge in [-0.1, -0.05) is 17.7 Å². The number of nitrogens with zero attached hydrogens (tertiary/aromatic N) is 3. The van der Waals surface area contributed by atoms with E-state index in [4.69, 9.17) is 16.3 Å². The molecule has 0 saturated carbocycles. The van der Waals surface area contributed by atoms with Gasteiger partial charge in [0.1, 0.15) is 11.6 Å². The number of rotatable bonds is 5. The average Bonchev–Trinajstić information content (AvgIpc) is 2.63. The molecule has 0 radical (unpaired) electrons. The van der Waals surface area contributed by atoms with Gasteiger partial charge in [0.05, 0.1) is 24.7 Å². The molecule has 1 fully saturated rings. The maximum atomic E-state index is 12.4. The molecule has 1 N–H and O–H groups in total. The van der Waals surface area contributed by atoms with Gasteiger partial charge in [0.15, 0.2) is 0 Å². The Hall–Kier alpha value is -1.74. The number of halogens is 1. The number of aromatic nitrogens is 2. The van der Waals surface area contributed by atoms with Crippen LogP contribution in [0.5, 0.6) is 0 Å². The van der Waals surface area contributed by atoms with Crippen molar-refractivity contribution in [1.29, 1.82) is 0 Å². The second-order valence-corrected chi connectivity index (χ2v) is 7.84. The van der Waals surface area contributed by atoms with Crippen molar-refractivity contribution in [2.24, 2.45) is 0 Å². The predicted octanol–water partition coefficient (Wildman–Crippen LogP) is 1.75. The Morgan fingerprint density at radius 3 is 2.76 bits per heavy atom. The van der Waals surface area contributed by atoms with Gasteiger partial charge in [0, 0.05) is 24.3 Å². The highest BCUT2D eigenvalue weighted by Crippen LogP contribution is 2.20. The summed E-state index contributed by atoms with van der Waals surface area (Å²) in [5.41, 5.74) is 0.821. The number of anilines is 1. The van der Waals surface area contributed by atoms with Crippen LogP contribution in [-0.4, -0.2) is 44.7 Å². The summed E-state index contributed by atoms with van der Waals surface area (Å²) in [7, 11) is -3.68. The van der Waals surface area contributed by atoms with Crippen LogP contribution in [0.4, 0.5) is 5.82 Å². The molecule has 0 atom stereocenters. The summed E-state index contributed by atoms with van der Waals surface area (Å²) in [4.78, 5) is 10.8. The number of morpholine rings is 1. The third-order valence-corrected chi connectivity index (χ3v) is 5.71. The maximum absolute atomic E-state index is 12.4. The minimum atomic E-state index is -3.68. The molecule has 1 aliphatic rings. The monoisotopic (exact) mass is 382 g/mol. The molecule has 9 heteroatoms. The fraction of sp³-hybridized carbons (Fsp3) is 0.375. The number of benzene rings is 1. The van der Waals surface area contributed by atoms with Crippen molar-refractivity contribution in [2.45, 2.75) is 18.4 Å². The first-order valence-electron chi connectivity index (χ1n) is 7.86. The van der Waals surface area contributed by atoms with Gasteiger partial charge in [0.2, 0.25) is 10.0 Å². The largest absolute Gasteiger partial charge is 0.378 e. The van der Waals surface area contributed by atoms with E-state index in [0.29, 0.717) is 24.1 Å². The van der Waals surface area contributed by atoms with Crippen LogP contribution in [-0.2, 0) is 21.3 Å². The van der Waals surface area contributed by atoms with E-state index in [1.165, 1.54) is 12.1 Å². The summed E-state index contributed by atoms with van der Waals surface area (Å²) in [6.45, 7) is 4.64. The average molecular weight is 383 g/mol. The van der Waals surface area contributed by atoms with Crippen molar-refractivity contribution >= 4 is 27.4 Å². The zero-order valence-corrected chi connectivity index (χ0v) is 15.3. The first kappa shape index (κ1) is 18.1. The number of nitrogens with one attached hydrogen (secondary N) is 1. The highest BCUT2D eigenvalue weighted by molar-refractivity contribution is 7.89. The smallest absolute Gasteiger partial charge is 0.241 e. The highest BCUT2D eigenvalue weighted by atomic mass is 35.5. The van der Waals surface area contributed by atoms with Crippen LogP contribution in [0.25, 0.3) is 0 Å². The van der Waals surface area contributed by atoms with Gasteiger partial charge in [-0.2, -0.15) is 0 Å². The van der Waals surface area contributed by atoms with Crippen LogP contribution < -0.4 is 9.62 Å². The lowest BCUT2D eigenvalue weighted by atomic mass is 10.2. The standard InChI is InChI=1S/C16H19ClN4O3S/c1-12-2-3-13(10-14(12)17)25(22,23)19-11-15-18-5-4-16(20-15)21-6-8-24-9-7-21/h2-5,10,19H,6-9,11H2,1H3. The van der Waals surface area contributed by atoms with Crippen molar-refractivity contribution in [3.63, 3.8) is 0 Å². The summed E-state index contributed by atoms with van der Waals surface area (Å²) >= 11 is 6.01. The number of hydrogen-bond donors (Lipinski definition) is 1. The number of ether oxygens (including phenoxy) is 1. The number of hydrogen-bond acceptors (Lipinski definition) is 6. The molecule has 134 valence electrons. The van der Waals surface area contributed by atoms with Crippen molar-refractivity contribution in [1.82, 2.24) is 14.7 Å². The first-order valence-corrected chi connectivity index (χ1v) is 9.72. The second-order valence-electron chi connectivity index (χ2n) is 5.67. The van der Waals surface area contributed by atoms with Crippen LogP contribution in [0.1, 0.15) is 11.4 Å². The molecule has 0 bridgehead atoms. The number of aryl methyl sites for hydroxylation is 1. The second kappa shape index (κ2) is 7.65. The minimum Gasteiger partial charge on any atom is -0.378 e. The van der Waals surface area contributed by atoms with Crippen LogP contribution in [0.3, 0.4) is 0 Å². The molecule has 1 saturated heterocycles. The SMILES string of the molecule is Cc1ccc(S(=O)(=O)NCc2nccc(N3CCOCC3)n2)cc1Cl. The molecule has 0 unspecified atom stereocenters. The van der Waals surface area contributed by atoms with Crippen LogP contribution >= 0.6 is 11.6 Å². The van der Waals surface area contributed by atoms with Crippen LogP contribution in [0.2, 0.25) is 5.02 Å². The molecule has 7 nitrogen and oxygen atoms in total. The van der Waals surface area contributed by atoms with Gasteiger partial charge in [-0.3, -0.25) is 0 Å². The third-order valence-electron chi connectivity index (χ3n) is 3.90. The van der Waals surface area contributed by atoms with Crippen LogP contribution in [0, 0.1) is 6.92 Å². The van der Waals surface area contributed by atoms with Crippen molar-refractivity contribution in [3.05, 3.63) is 46.9 Å². The van der Waals surface area contributed by atoms with E-state index in [1.807, 2.05) is 13.0 Å². The summed E-state index contributed by atoms with van der Waals surface area (Å²) in [6.07, 6.45) is 1.63. The van der Waals surface area contributed by atoms with E-state index >= 15 is 0 Å².